The first-order valence-electron chi connectivity index (χ1n) is 8.21. The van der Waals surface area contributed by atoms with Crippen LogP contribution in [0, 0.1) is 5.92 Å². The van der Waals surface area contributed by atoms with E-state index in [1.54, 1.807) is 0 Å². The molecule has 0 atom stereocenters. The molecule has 3 heteroatoms. The van der Waals surface area contributed by atoms with Crippen molar-refractivity contribution in [2.75, 3.05) is 22.9 Å². The number of rotatable bonds is 4. The van der Waals surface area contributed by atoms with Crippen molar-refractivity contribution >= 4 is 22.7 Å². The molecule has 0 unspecified atom stereocenters. The summed E-state index contributed by atoms with van der Waals surface area (Å²) in [4.78, 5) is 2.35. The lowest BCUT2D eigenvalue weighted by atomic mass is 9.88. The van der Waals surface area contributed by atoms with Gasteiger partial charge in [0.05, 0.1) is 11.4 Å². The summed E-state index contributed by atoms with van der Waals surface area (Å²) in [7, 11) is 0. The molecule has 1 saturated carbocycles. The Kier molecular flexibility index (Phi) is 4.52. The van der Waals surface area contributed by atoms with E-state index in [9.17, 15) is 0 Å². The molecule has 3 rings (SSSR count). The summed E-state index contributed by atoms with van der Waals surface area (Å²) >= 11 is 0. The van der Waals surface area contributed by atoms with E-state index >= 15 is 0 Å². The lowest BCUT2D eigenvalue weighted by molar-refractivity contribution is 0.365. The predicted molar refractivity (Wildman–Crippen MR) is 95.3 cm³/mol. The number of hydrogen-bond donors (Lipinski definition) is 2. The van der Waals surface area contributed by atoms with Gasteiger partial charge in [0.1, 0.15) is 0 Å². The molecule has 0 bridgehead atoms. The van der Waals surface area contributed by atoms with Crippen LogP contribution in [0.5, 0.6) is 0 Å². The number of anilines is 4. The van der Waals surface area contributed by atoms with Crippen LogP contribution in [0.1, 0.15) is 32.1 Å². The van der Waals surface area contributed by atoms with Crippen LogP contribution < -0.4 is 16.4 Å². The summed E-state index contributed by atoms with van der Waals surface area (Å²) in [6, 6.07) is 16.3. The topological polar surface area (TPSA) is 55.3 Å². The highest BCUT2D eigenvalue weighted by atomic mass is 15.1. The number of nitrogen functional groups attached to an aromatic ring is 2. The Hall–Kier alpha value is -2.16. The molecule has 1 aliphatic rings. The first kappa shape index (κ1) is 14.8. The molecular weight excluding hydrogens is 270 g/mol. The molecule has 0 aromatic heterocycles. The molecule has 1 fully saturated rings. The van der Waals surface area contributed by atoms with E-state index < -0.39 is 0 Å². The molecule has 4 N–H and O–H groups in total. The lowest BCUT2D eigenvalue weighted by Gasteiger charge is -2.32. The average molecular weight is 295 g/mol. The second-order valence-electron chi connectivity index (χ2n) is 6.27. The maximum Gasteiger partial charge on any atom is 0.0646 e. The van der Waals surface area contributed by atoms with Crippen LogP contribution in [0.4, 0.5) is 22.7 Å². The van der Waals surface area contributed by atoms with Crippen molar-refractivity contribution in [1.82, 2.24) is 0 Å². The SMILES string of the molecule is Nc1ccc(N(CC2CCCCC2)c2ccccc2)c(N)c1. The lowest BCUT2D eigenvalue weighted by Crippen LogP contribution is -2.27. The van der Waals surface area contributed by atoms with Gasteiger partial charge in [0, 0.05) is 17.9 Å². The van der Waals surface area contributed by atoms with Gasteiger partial charge in [0.25, 0.3) is 0 Å². The second-order valence-corrected chi connectivity index (χ2v) is 6.27. The first-order valence-corrected chi connectivity index (χ1v) is 8.21. The molecule has 22 heavy (non-hydrogen) atoms. The molecule has 0 radical (unpaired) electrons. The molecule has 0 heterocycles. The van der Waals surface area contributed by atoms with E-state index in [1.165, 1.54) is 37.8 Å². The maximum absolute atomic E-state index is 6.24. The van der Waals surface area contributed by atoms with Gasteiger partial charge in [-0.15, -0.1) is 0 Å². The fourth-order valence-electron chi connectivity index (χ4n) is 3.40. The molecule has 0 saturated heterocycles. The van der Waals surface area contributed by atoms with Gasteiger partial charge in [0.15, 0.2) is 0 Å². The van der Waals surface area contributed by atoms with E-state index in [-0.39, 0.29) is 0 Å². The normalized spacial score (nSPS) is 15.6. The van der Waals surface area contributed by atoms with Gasteiger partial charge in [-0.05, 0) is 49.1 Å². The van der Waals surface area contributed by atoms with E-state index in [4.69, 9.17) is 11.5 Å². The van der Waals surface area contributed by atoms with Crippen LogP contribution in [0.25, 0.3) is 0 Å². The van der Waals surface area contributed by atoms with Crippen molar-refractivity contribution in [2.24, 2.45) is 5.92 Å². The van der Waals surface area contributed by atoms with Gasteiger partial charge in [-0.2, -0.15) is 0 Å². The molecule has 3 nitrogen and oxygen atoms in total. The molecule has 1 aliphatic carbocycles. The minimum Gasteiger partial charge on any atom is -0.399 e. The Labute approximate surface area is 132 Å². The molecule has 2 aromatic carbocycles. The van der Waals surface area contributed by atoms with E-state index in [0.29, 0.717) is 5.69 Å². The summed E-state index contributed by atoms with van der Waals surface area (Å²) < 4.78 is 0. The molecular formula is C19H25N3. The third-order valence-electron chi connectivity index (χ3n) is 4.58. The fraction of sp³-hybridized carbons (Fsp3) is 0.368. The van der Waals surface area contributed by atoms with Crippen LogP contribution in [0.2, 0.25) is 0 Å². The van der Waals surface area contributed by atoms with Gasteiger partial charge >= 0.3 is 0 Å². The van der Waals surface area contributed by atoms with Crippen molar-refractivity contribution in [3.05, 3.63) is 48.5 Å². The smallest absolute Gasteiger partial charge is 0.0646 e. The standard InChI is InChI=1S/C19H25N3/c20-16-11-12-19(18(21)13-16)22(17-9-5-2-6-10-17)14-15-7-3-1-4-8-15/h2,5-6,9-13,15H,1,3-4,7-8,14,20-21H2. The third kappa shape index (κ3) is 3.35. The average Bonchev–Trinajstić information content (AvgIpc) is 2.55. The number of hydrogen-bond acceptors (Lipinski definition) is 3. The highest BCUT2D eigenvalue weighted by Crippen LogP contribution is 2.35. The minimum atomic E-state index is 0.715. The Morgan fingerprint density at radius 3 is 2.32 bits per heavy atom. The van der Waals surface area contributed by atoms with E-state index in [2.05, 4.69) is 35.2 Å². The monoisotopic (exact) mass is 295 g/mol. The molecule has 2 aromatic rings. The zero-order valence-corrected chi connectivity index (χ0v) is 13.0. The number of nitrogens with two attached hydrogens (primary N) is 2. The predicted octanol–water partition coefficient (Wildman–Crippen LogP) is 4.57. The van der Waals surface area contributed by atoms with Gasteiger partial charge in [-0.25, -0.2) is 0 Å². The molecule has 0 spiro atoms. The Morgan fingerprint density at radius 1 is 0.909 bits per heavy atom. The zero-order valence-electron chi connectivity index (χ0n) is 13.0. The number of benzene rings is 2. The first-order chi connectivity index (χ1) is 10.7. The number of para-hydroxylation sites is 1. The van der Waals surface area contributed by atoms with Gasteiger partial charge in [0.2, 0.25) is 0 Å². The number of nitrogens with zero attached hydrogens (tertiary/aromatic N) is 1. The van der Waals surface area contributed by atoms with Crippen LogP contribution in [-0.2, 0) is 0 Å². The largest absolute Gasteiger partial charge is 0.399 e. The van der Waals surface area contributed by atoms with Gasteiger partial charge < -0.3 is 16.4 Å². The summed E-state index contributed by atoms with van der Waals surface area (Å²) in [5, 5.41) is 0. The second kappa shape index (κ2) is 6.73. The van der Waals surface area contributed by atoms with Gasteiger partial charge in [-0.3, -0.25) is 0 Å². The third-order valence-corrected chi connectivity index (χ3v) is 4.58. The maximum atomic E-state index is 6.24. The van der Waals surface area contributed by atoms with Crippen molar-refractivity contribution in [1.29, 1.82) is 0 Å². The van der Waals surface area contributed by atoms with Crippen LogP contribution in [-0.4, -0.2) is 6.54 Å². The van der Waals surface area contributed by atoms with Crippen LogP contribution in [0.15, 0.2) is 48.5 Å². The summed E-state index contributed by atoms with van der Waals surface area (Å²) in [5.41, 5.74) is 15.8. The quantitative estimate of drug-likeness (QED) is 0.812. The summed E-state index contributed by atoms with van der Waals surface area (Å²) in [6.07, 6.45) is 6.72. The minimum absolute atomic E-state index is 0.715. The zero-order chi connectivity index (χ0) is 15.4. The van der Waals surface area contributed by atoms with Crippen molar-refractivity contribution in [3.63, 3.8) is 0 Å². The van der Waals surface area contributed by atoms with E-state index in [0.717, 1.165) is 23.8 Å². The highest BCUT2D eigenvalue weighted by molar-refractivity contribution is 5.77. The van der Waals surface area contributed by atoms with Crippen molar-refractivity contribution in [2.45, 2.75) is 32.1 Å². The van der Waals surface area contributed by atoms with Crippen LogP contribution >= 0.6 is 0 Å². The Bertz CT molecular complexity index is 603. The molecule has 116 valence electrons. The van der Waals surface area contributed by atoms with E-state index in [1.807, 2.05) is 18.2 Å². The van der Waals surface area contributed by atoms with Crippen molar-refractivity contribution in [3.8, 4) is 0 Å². The van der Waals surface area contributed by atoms with Gasteiger partial charge in [-0.1, -0.05) is 37.5 Å². The molecule has 0 amide bonds. The Morgan fingerprint density at radius 2 is 1.64 bits per heavy atom. The Balaban J connectivity index is 1.91. The highest BCUT2D eigenvalue weighted by Gasteiger charge is 2.20. The summed E-state index contributed by atoms with van der Waals surface area (Å²) in [6.45, 7) is 1.03. The fourth-order valence-corrected chi connectivity index (χ4v) is 3.40. The van der Waals surface area contributed by atoms with Crippen molar-refractivity contribution < 1.29 is 0 Å². The van der Waals surface area contributed by atoms with Crippen LogP contribution in [0.3, 0.4) is 0 Å². The molecule has 0 aliphatic heterocycles. The summed E-state index contributed by atoms with van der Waals surface area (Å²) in [5.74, 6) is 0.742.